The van der Waals surface area contributed by atoms with E-state index in [0.29, 0.717) is 6.04 Å². The van der Waals surface area contributed by atoms with Crippen LogP contribution in [0.25, 0.3) is 0 Å². The van der Waals surface area contributed by atoms with Crippen molar-refractivity contribution in [1.82, 2.24) is 5.32 Å². The van der Waals surface area contributed by atoms with Crippen molar-refractivity contribution in [3.05, 3.63) is 0 Å². The van der Waals surface area contributed by atoms with Gasteiger partial charge in [-0.2, -0.15) is 0 Å². The van der Waals surface area contributed by atoms with E-state index in [9.17, 15) is 0 Å². The molecule has 1 saturated heterocycles. The fourth-order valence-corrected chi connectivity index (χ4v) is 2.35. The van der Waals surface area contributed by atoms with Crippen LogP contribution in [0.4, 0.5) is 0 Å². The molecule has 70 valence electrons. The molecule has 2 atom stereocenters. The standard InChI is InChI=1S/C10H20N2/c11-10(8-3-1-4-8)7-9-5-2-6-12-9/h8-10,12H,1-7,11H2. The summed E-state index contributed by atoms with van der Waals surface area (Å²) in [5, 5.41) is 3.51. The maximum atomic E-state index is 6.12. The van der Waals surface area contributed by atoms with Crippen molar-refractivity contribution >= 4 is 0 Å². The van der Waals surface area contributed by atoms with Gasteiger partial charge in [0, 0.05) is 12.1 Å². The summed E-state index contributed by atoms with van der Waals surface area (Å²) in [7, 11) is 0. The highest BCUT2D eigenvalue weighted by atomic mass is 14.9. The van der Waals surface area contributed by atoms with Crippen molar-refractivity contribution in [2.45, 2.75) is 50.6 Å². The van der Waals surface area contributed by atoms with E-state index in [-0.39, 0.29) is 0 Å². The summed E-state index contributed by atoms with van der Waals surface area (Å²) in [5.41, 5.74) is 6.12. The molecule has 0 bridgehead atoms. The molecule has 2 heteroatoms. The number of rotatable bonds is 3. The Labute approximate surface area is 74.9 Å². The smallest absolute Gasteiger partial charge is 0.00823 e. The fraction of sp³-hybridized carbons (Fsp3) is 1.00. The van der Waals surface area contributed by atoms with Crippen molar-refractivity contribution in [2.75, 3.05) is 6.54 Å². The average Bonchev–Trinajstić information content (AvgIpc) is 2.34. The number of hydrogen-bond acceptors (Lipinski definition) is 2. The molecular formula is C10H20N2. The lowest BCUT2D eigenvalue weighted by atomic mass is 9.78. The quantitative estimate of drug-likeness (QED) is 0.665. The Bertz CT molecular complexity index is 137. The topological polar surface area (TPSA) is 38.0 Å². The highest BCUT2D eigenvalue weighted by molar-refractivity contribution is 4.85. The van der Waals surface area contributed by atoms with Crippen LogP contribution in [0.2, 0.25) is 0 Å². The predicted molar refractivity (Wildman–Crippen MR) is 51.0 cm³/mol. The minimum atomic E-state index is 0.481. The van der Waals surface area contributed by atoms with E-state index in [1.807, 2.05) is 0 Å². The van der Waals surface area contributed by atoms with Gasteiger partial charge in [-0.05, 0) is 44.6 Å². The van der Waals surface area contributed by atoms with E-state index < -0.39 is 0 Å². The molecule has 2 unspecified atom stereocenters. The monoisotopic (exact) mass is 168 g/mol. The second-order valence-corrected chi connectivity index (χ2v) is 4.38. The lowest BCUT2D eigenvalue weighted by Crippen LogP contribution is -2.39. The molecular weight excluding hydrogens is 148 g/mol. The summed E-state index contributed by atoms with van der Waals surface area (Å²) in [5.74, 6) is 0.854. The average molecular weight is 168 g/mol. The van der Waals surface area contributed by atoms with E-state index >= 15 is 0 Å². The third kappa shape index (κ3) is 1.80. The first-order chi connectivity index (χ1) is 5.86. The van der Waals surface area contributed by atoms with Gasteiger partial charge in [-0.3, -0.25) is 0 Å². The Kier molecular flexibility index (Phi) is 2.66. The Morgan fingerprint density at radius 3 is 2.58 bits per heavy atom. The molecule has 2 rings (SSSR count). The molecule has 1 aliphatic heterocycles. The van der Waals surface area contributed by atoms with Crippen LogP contribution >= 0.6 is 0 Å². The van der Waals surface area contributed by atoms with Gasteiger partial charge in [-0.1, -0.05) is 6.42 Å². The Morgan fingerprint density at radius 1 is 1.25 bits per heavy atom. The first kappa shape index (κ1) is 8.52. The van der Waals surface area contributed by atoms with Gasteiger partial charge in [-0.25, -0.2) is 0 Å². The summed E-state index contributed by atoms with van der Waals surface area (Å²) < 4.78 is 0. The summed E-state index contributed by atoms with van der Waals surface area (Å²) >= 11 is 0. The highest BCUT2D eigenvalue weighted by Gasteiger charge is 2.27. The van der Waals surface area contributed by atoms with Gasteiger partial charge in [-0.15, -0.1) is 0 Å². The molecule has 2 fully saturated rings. The molecule has 1 heterocycles. The molecule has 1 saturated carbocycles. The lowest BCUT2D eigenvalue weighted by Gasteiger charge is -2.32. The molecule has 0 aromatic carbocycles. The van der Waals surface area contributed by atoms with Gasteiger partial charge >= 0.3 is 0 Å². The minimum absolute atomic E-state index is 0.481. The Morgan fingerprint density at radius 2 is 2.08 bits per heavy atom. The summed E-state index contributed by atoms with van der Waals surface area (Å²) in [4.78, 5) is 0. The molecule has 3 N–H and O–H groups in total. The molecule has 0 aromatic heterocycles. The Balaban J connectivity index is 1.69. The zero-order chi connectivity index (χ0) is 8.39. The van der Waals surface area contributed by atoms with Crippen molar-refractivity contribution in [3.8, 4) is 0 Å². The summed E-state index contributed by atoms with van der Waals surface area (Å²) in [6.45, 7) is 1.21. The SMILES string of the molecule is NC(CC1CCCN1)C1CCC1. The molecule has 0 radical (unpaired) electrons. The molecule has 2 nitrogen and oxygen atoms in total. The zero-order valence-electron chi connectivity index (χ0n) is 7.76. The summed E-state index contributed by atoms with van der Waals surface area (Å²) in [6.07, 6.45) is 8.09. The largest absolute Gasteiger partial charge is 0.327 e. The molecule has 12 heavy (non-hydrogen) atoms. The van der Waals surface area contributed by atoms with Crippen LogP contribution < -0.4 is 11.1 Å². The van der Waals surface area contributed by atoms with Gasteiger partial charge < -0.3 is 11.1 Å². The predicted octanol–water partition coefficient (Wildman–Crippen LogP) is 1.26. The Hall–Kier alpha value is -0.0800. The van der Waals surface area contributed by atoms with Gasteiger partial charge in [0.15, 0.2) is 0 Å². The van der Waals surface area contributed by atoms with Crippen molar-refractivity contribution in [2.24, 2.45) is 11.7 Å². The number of nitrogens with two attached hydrogens (primary N) is 1. The molecule has 1 aliphatic carbocycles. The third-order valence-electron chi connectivity index (χ3n) is 3.47. The molecule has 0 aromatic rings. The van der Waals surface area contributed by atoms with Crippen molar-refractivity contribution < 1.29 is 0 Å². The van der Waals surface area contributed by atoms with Crippen molar-refractivity contribution in [1.29, 1.82) is 0 Å². The number of hydrogen-bond donors (Lipinski definition) is 2. The van der Waals surface area contributed by atoms with Crippen LogP contribution in [0.5, 0.6) is 0 Å². The second-order valence-electron chi connectivity index (χ2n) is 4.38. The zero-order valence-corrected chi connectivity index (χ0v) is 7.76. The third-order valence-corrected chi connectivity index (χ3v) is 3.47. The second kappa shape index (κ2) is 3.75. The number of nitrogens with one attached hydrogen (secondary N) is 1. The van der Waals surface area contributed by atoms with Crippen LogP contribution in [0.15, 0.2) is 0 Å². The van der Waals surface area contributed by atoms with Gasteiger partial charge in [0.1, 0.15) is 0 Å². The first-order valence-corrected chi connectivity index (χ1v) is 5.35. The fourth-order valence-electron chi connectivity index (χ4n) is 2.35. The minimum Gasteiger partial charge on any atom is -0.327 e. The van der Waals surface area contributed by atoms with Crippen LogP contribution in [0, 0.1) is 5.92 Å². The van der Waals surface area contributed by atoms with Gasteiger partial charge in [0.2, 0.25) is 0 Å². The molecule has 0 amide bonds. The van der Waals surface area contributed by atoms with Gasteiger partial charge in [0.05, 0.1) is 0 Å². The van der Waals surface area contributed by atoms with Crippen LogP contribution in [0.3, 0.4) is 0 Å². The molecule has 0 spiro atoms. The van der Waals surface area contributed by atoms with Crippen molar-refractivity contribution in [3.63, 3.8) is 0 Å². The van der Waals surface area contributed by atoms with E-state index in [0.717, 1.165) is 12.0 Å². The normalized spacial score (nSPS) is 33.2. The van der Waals surface area contributed by atoms with E-state index in [1.165, 1.54) is 45.1 Å². The maximum Gasteiger partial charge on any atom is 0.00823 e. The summed E-state index contributed by atoms with van der Waals surface area (Å²) in [6, 6.07) is 1.22. The van der Waals surface area contributed by atoms with Crippen LogP contribution in [-0.4, -0.2) is 18.6 Å². The van der Waals surface area contributed by atoms with E-state index in [1.54, 1.807) is 0 Å². The highest BCUT2D eigenvalue weighted by Crippen LogP contribution is 2.30. The maximum absolute atomic E-state index is 6.12. The van der Waals surface area contributed by atoms with E-state index in [2.05, 4.69) is 5.32 Å². The van der Waals surface area contributed by atoms with Crippen LogP contribution in [0.1, 0.15) is 38.5 Å². The van der Waals surface area contributed by atoms with Gasteiger partial charge in [0.25, 0.3) is 0 Å². The molecule has 2 aliphatic rings. The van der Waals surface area contributed by atoms with Crippen LogP contribution in [-0.2, 0) is 0 Å². The van der Waals surface area contributed by atoms with E-state index in [4.69, 9.17) is 5.73 Å². The lowest BCUT2D eigenvalue weighted by molar-refractivity contribution is 0.241. The first-order valence-electron chi connectivity index (χ1n) is 5.35.